The zero-order chi connectivity index (χ0) is 9.78. The van der Waals surface area contributed by atoms with Crippen molar-refractivity contribution in [2.24, 2.45) is 0 Å². The van der Waals surface area contributed by atoms with Crippen molar-refractivity contribution >= 4 is 5.97 Å². The second-order valence-corrected chi connectivity index (χ2v) is 1.95. The molecule has 0 fully saturated rings. The Morgan fingerprint density at radius 1 is 1.50 bits per heavy atom. The van der Waals surface area contributed by atoms with Crippen molar-refractivity contribution in [2.75, 3.05) is 13.2 Å². The van der Waals surface area contributed by atoms with Crippen LogP contribution in [0, 0.1) is 0 Å². The Morgan fingerprint density at radius 2 is 2.00 bits per heavy atom. The van der Waals surface area contributed by atoms with Gasteiger partial charge in [-0.25, -0.2) is 13.6 Å². The van der Waals surface area contributed by atoms with E-state index in [1.165, 1.54) is 0 Å². The van der Waals surface area contributed by atoms with Crippen molar-refractivity contribution < 1.29 is 32.2 Å². The maximum atomic E-state index is 11.9. The fourth-order valence-corrected chi connectivity index (χ4v) is 0.337. The van der Waals surface area contributed by atoms with Crippen LogP contribution < -0.4 is 0 Å². The van der Waals surface area contributed by atoms with Crippen molar-refractivity contribution in [3.05, 3.63) is 0 Å². The van der Waals surface area contributed by atoms with E-state index in [0.29, 0.717) is 0 Å². The van der Waals surface area contributed by atoms with E-state index in [9.17, 15) is 22.4 Å². The molecular formula is C5H6F4O3. The summed E-state index contributed by atoms with van der Waals surface area (Å²) in [7, 11) is 0. The van der Waals surface area contributed by atoms with Crippen molar-refractivity contribution in [3.8, 4) is 0 Å². The average Bonchev–Trinajstić information content (AvgIpc) is 1.85. The molecular weight excluding hydrogens is 184 g/mol. The molecule has 0 aromatic rings. The standard InChI is InChI=1S/C5H6F4O3/c6-4(7)5(8,9)2-12-1-3(10)11/h4H,1-2H2,(H,10,11). The quantitative estimate of drug-likeness (QED) is 0.657. The third kappa shape index (κ3) is 4.12. The van der Waals surface area contributed by atoms with Gasteiger partial charge in [-0.3, -0.25) is 0 Å². The molecule has 0 amide bonds. The van der Waals surface area contributed by atoms with Crippen LogP contribution in [0.4, 0.5) is 17.6 Å². The number of aliphatic carboxylic acids is 1. The van der Waals surface area contributed by atoms with E-state index in [-0.39, 0.29) is 0 Å². The van der Waals surface area contributed by atoms with E-state index >= 15 is 0 Å². The van der Waals surface area contributed by atoms with E-state index < -0.39 is 31.5 Å². The van der Waals surface area contributed by atoms with Gasteiger partial charge in [0.25, 0.3) is 0 Å². The summed E-state index contributed by atoms with van der Waals surface area (Å²) < 4.78 is 50.4. The van der Waals surface area contributed by atoms with E-state index in [2.05, 4.69) is 4.74 Å². The van der Waals surface area contributed by atoms with Gasteiger partial charge in [-0.2, -0.15) is 8.78 Å². The summed E-state index contributed by atoms with van der Waals surface area (Å²) in [5.41, 5.74) is 0. The topological polar surface area (TPSA) is 46.5 Å². The second-order valence-electron chi connectivity index (χ2n) is 1.95. The molecule has 0 aliphatic heterocycles. The van der Waals surface area contributed by atoms with Crippen molar-refractivity contribution in [3.63, 3.8) is 0 Å². The summed E-state index contributed by atoms with van der Waals surface area (Å²) in [6, 6.07) is 0. The zero-order valence-corrected chi connectivity index (χ0v) is 5.77. The molecule has 0 heterocycles. The van der Waals surface area contributed by atoms with Crippen LogP contribution in [0.25, 0.3) is 0 Å². The van der Waals surface area contributed by atoms with Gasteiger partial charge >= 0.3 is 18.3 Å². The minimum atomic E-state index is -4.28. The number of ether oxygens (including phenoxy) is 1. The Morgan fingerprint density at radius 3 is 2.33 bits per heavy atom. The Bertz CT molecular complexity index is 159. The lowest BCUT2D eigenvalue weighted by molar-refractivity contribution is -0.172. The highest BCUT2D eigenvalue weighted by Gasteiger charge is 2.41. The van der Waals surface area contributed by atoms with Gasteiger partial charge < -0.3 is 9.84 Å². The lowest BCUT2D eigenvalue weighted by Crippen LogP contribution is -2.33. The van der Waals surface area contributed by atoms with E-state index in [1.54, 1.807) is 0 Å². The molecule has 0 rings (SSSR count). The molecule has 12 heavy (non-hydrogen) atoms. The smallest absolute Gasteiger partial charge is 0.330 e. The number of carbonyl (C=O) groups is 1. The molecule has 0 aliphatic rings. The lowest BCUT2D eigenvalue weighted by atomic mass is 10.4. The van der Waals surface area contributed by atoms with E-state index in [4.69, 9.17) is 5.11 Å². The summed E-state index contributed by atoms with van der Waals surface area (Å²) in [6.07, 6.45) is -3.84. The van der Waals surface area contributed by atoms with Crippen LogP contribution in [-0.2, 0) is 9.53 Å². The van der Waals surface area contributed by atoms with E-state index in [1.807, 2.05) is 0 Å². The maximum absolute atomic E-state index is 11.9. The molecule has 0 spiro atoms. The van der Waals surface area contributed by atoms with Crippen LogP contribution in [0.15, 0.2) is 0 Å². The highest BCUT2D eigenvalue weighted by atomic mass is 19.3. The van der Waals surface area contributed by atoms with Gasteiger partial charge in [-0.15, -0.1) is 0 Å². The third-order valence-corrected chi connectivity index (χ3v) is 0.839. The molecule has 3 nitrogen and oxygen atoms in total. The molecule has 0 unspecified atom stereocenters. The fraction of sp³-hybridized carbons (Fsp3) is 0.800. The SMILES string of the molecule is O=C(O)COCC(F)(F)C(F)F. The Labute approximate surface area is 64.9 Å². The number of rotatable bonds is 5. The van der Waals surface area contributed by atoms with Crippen LogP contribution in [0.1, 0.15) is 0 Å². The summed E-state index contributed by atoms with van der Waals surface area (Å²) in [4.78, 5) is 9.70. The first-order valence-electron chi connectivity index (χ1n) is 2.82. The number of alkyl halides is 4. The predicted octanol–water partition coefficient (Wildman–Crippen LogP) is 0.988. The first kappa shape index (κ1) is 11.2. The van der Waals surface area contributed by atoms with Crippen molar-refractivity contribution in [2.45, 2.75) is 12.3 Å². The van der Waals surface area contributed by atoms with Gasteiger partial charge in [0.2, 0.25) is 0 Å². The zero-order valence-electron chi connectivity index (χ0n) is 5.77. The van der Waals surface area contributed by atoms with Crippen LogP contribution in [0.3, 0.4) is 0 Å². The largest absolute Gasteiger partial charge is 0.480 e. The number of halogens is 4. The first-order chi connectivity index (χ1) is 5.36. The molecule has 1 N–H and O–H groups in total. The maximum Gasteiger partial charge on any atom is 0.330 e. The minimum Gasteiger partial charge on any atom is -0.480 e. The Hall–Kier alpha value is -0.850. The van der Waals surface area contributed by atoms with Crippen LogP contribution in [0.5, 0.6) is 0 Å². The Balaban J connectivity index is 3.69. The highest BCUT2D eigenvalue weighted by Crippen LogP contribution is 2.22. The molecule has 7 heteroatoms. The third-order valence-electron chi connectivity index (χ3n) is 0.839. The first-order valence-corrected chi connectivity index (χ1v) is 2.82. The Kier molecular flexibility index (Phi) is 3.94. The summed E-state index contributed by atoms with van der Waals surface area (Å²) in [5, 5.41) is 7.89. The summed E-state index contributed by atoms with van der Waals surface area (Å²) in [6.45, 7) is -2.60. The summed E-state index contributed by atoms with van der Waals surface area (Å²) in [5.74, 6) is -5.77. The second kappa shape index (κ2) is 4.24. The van der Waals surface area contributed by atoms with Crippen LogP contribution >= 0.6 is 0 Å². The monoisotopic (exact) mass is 190 g/mol. The highest BCUT2D eigenvalue weighted by molar-refractivity contribution is 5.67. The van der Waals surface area contributed by atoms with Crippen molar-refractivity contribution in [1.82, 2.24) is 0 Å². The average molecular weight is 190 g/mol. The molecule has 0 aliphatic carbocycles. The molecule has 0 bridgehead atoms. The van der Waals surface area contributed by atoms with Crippen LogP contribution in [0.2, 0.25) is 0 Å². The fourth-order valence-electron chi connectivity index (χ4n) is 0.337. The molecule has 0 saturated heterocycles. The van der Waals surface area contributed by atoms with Gasteiger partial charge in [0.15, 0.2) is 0 Å². The van der Waals surface area contributed by atoms with Gasteiger partial charge in [0, 0.05) is 0 Å². The number of hydrogen-bond acceptors (Lipinski definition) is 2. The van der Waals surface area contributed by atoms with Gasteiger partial charge in [-0.1, -0.05) is 0 Å². The number of hydrogen-bond donors (Lipinski definition) is 1. The number of carboxylic acid groups (broad SMARTS) is 1. The van der Waals surface area contributed by atoms with Gasteiger partial charge in [-0.05, 0) is 0 Å². The summed E-state index contributed by atoms with van der Waals surface area (Å²) >= 11 is 0. The van der Waals surface area contributed by atoms with Gasteiger partial charge in [0.1, 0.15) is 13.2 Å². The van der Waals surface area contributed by atoms with Crippen LogP contribution in [-0.4, -0.2) is 36.6 Å². The lowest BCUT2D eigenvalue weighted by Gasteiger charge is -2.13. The molecule has 72 valence electrons. The molecule has 0 radical (unpaired) electrons. The molecule has 0 saturated carbocycles. The molecule has 0 aromatic carbocycles. The molecule has 0 atom stereocenters. The predicted molar refractivity (Wildman–Crippen MR) is 29.4 cm³/mol. The minimum absolute atomic E-state index is 1.01. The van der Waals surface area contributed by atoms with Gasteiger partial charge in [0.05, 0.1) is 0 Å². The number of carboxylic acids is 1. The van der Waals surface area contributed by atoms with E-state index in [0.717, 1.165) is 0 Å². The molecule has 0 aromatic heterocycles. The van der Waals surface area contributed by atoms with Crippen molar-refractivity contribution in [1.29, 1.82) is 0 Å². The normalized spacial score (nSPS) is 12.1.